The van der Waals surface area contributed by atoms with Crippen molar-refractivity contribution < 1.29 is 56.4 Å². The number of ether oxygens (including phenoxy) is 5. The Kier molecular flexibility index (Phi) is 28.4. The molecule has 4 aromatic carbocycles. The zero-order valence-corrected chi connectivity index (χ0v) is 84.7. The highest BCUT2D eigenvalue weighted by Gasteiger charge is 2.42. The number of carbonyl (C=O) groups is 5. The fraction of sp³-hybridized carbons (Fsp3) is 0.482. The molecule has 0 spiro atoms. The quantitative estimate of drug-likeness (QED) is 0.0818. The Bertz CT molecular complexity index is 6790. The van der Waals surface area contributed by atoms with E-state index in [1.165, 1.54) is 62.0 Å². The number of amides is 4. The van der Waals surface area contributed by atoms with Gasteiger partial charge in [-0.15, -0.1) is 0 Å². The van der Waals surface area contributed by atoms with Gasteiger partial charge in [-0.1, -0.05) is 30.3 Å². The number of alkyl halides is 2. The number of carbonyl (C=O) groups excluding carboxylic acids is 5. The van der Waals surface area contributed by atoms with Crippen molar-refractivity contribution in [3.63, 3.8) is 0 Å². The average Bonchev–Trinajstić information content (AvgIpc) is 1.61. The van der Waals surface area contributed by atoms with Crippen molar-refractivity contribution in [2.45, 2.75) is 201 Å². The summed E-state index contributed by atoms with van der Waals surface area (Å²) in [4.78, 5) is 88.5. The molecule has 35 heteroatoms. The van der Waals surface area contributed by atoms with Crippen LogP contribution in [-0.2, 0) is 135 Å². The van der Waals surface area contributed by atoms with E-state index in [0.29, 0.717) is 89.9 Å². The van der Waals surface area contributed by atoms with Crippen LogP contribution in [0.15, 0.2) is 134 Å². The van der Waals surface area contributed by atoms with E-state index < -0.39 is 6.43 Å². The number of nitrogens with zero attached hydrogens (tertiary/aromatic N) is 23. The zero-order chi connectivity index (χ0) is 100.0. The molecule has 760 valence electrons. The Labute approximate surface area is 844 Å². The Morgan fingerprint density at radius 1 is 0.400 bits per heavy atom. The third-order valence-corrected chi connectivity index (χ3v) is 31.1. The van der Waals surface area contributed by atoms with Gasteiger partial charge >= 0.3 is 0 Å². The van der Waals surface area contributed by atoms with Crippen molar-refractivity contribution in [1.82, 2.24) is 88.3 Å². The average molecular weight is 1970 g/mol. The van der Waals surface area contributed by atoms with Crippen LogP contribution in [-0.4, -0.2) is 250 Å². The van der Waals surface area contributed by atoms with Gasteiger partial charge in [-0.25, -0.2) is 13.8 Å². The molecule has 4 fully saturated rings. The number of hydrogen-bond donors (Lipinski definition) is 0. The first-order chi connectivity index (χ1) is 70.5. The monoisotopic (exact) mass is 1970 g/mol. The minimum atomic E-state index is -2.37. The summed E-state index contributed by atoms with van der Waals surface area (Å²) in [6.45, 7) is 23.4. The van der Waals surface area contributed by atoms with Crippen LogP contribution >= 0.6 is 0 Å². The topological polar surface area (TPSA) is 293 Å². The molecule has 0 aliphatic carbocycles. The fourth-order valence-electron chi connectivity index (χ4n) is 23.4. The second-order valence-corrected chi connectivity index (χ2v) is 40.7. The number of methoxy groups -OCH3 is 1. The second kappa shape index (κ2) is 42.3. The first-order valence-electron chi connectivity index (χ1n) is 51.8. The van der Waals surface area contributed by atoms with Gasteiger partial charge in [0.1, 0.15) is 5.78 Å². The molecule has 8 aromatic heterocycles. The highest BCUT2D eigenvalue weighted by Crippen LogP contribution is 2.49. The van der Waals surface area contributed by atoms with Gasteiger partial charge < -0.3 is 67.8 Å². The van der Waals surface area contributed by atoms with Crippen molar-refractivity contribution in [2.75, 3.05) is 150 Å². The number of aryl methyl sites for hydroxylation is 4. The van der Waals surface area contributed by atoms with Crippen LogP contribution in [0, 0.1) is 5.92 Å². The number of benzene rings is 4. The summed E-state index contributed by atoms with van der Waals surface area (Å²) in [5.41, 5.74) is 28.5. The number of pyridine rings is 2. The van der Waals surface area contributed by atoms with E-state index in [0.717, 1.165) is 270 Å². The van der Waals surface area contributed by atoms with Crippen LogP contribution in [0.1, 0.15) is 184 Å². The molecule has 20 heterocycles. The molecule has 12 aliphatic heterocycles. The molecule has 0 saturated carbocycles. The predicted octanol–water partition coefficient (Wildman–Crippen LogP) is 15.6. The lowest BCUT2D eigenvalue weighted by atomic mass is 9.88. The van der Waals surface area contributed by atoms with E-state index in [2.05, 4.69) is 149 Å². The van der Waals surface area contributed by atoms with E-state index in [9.17, 15) is 32.8 Å². The number of anilines is 9. The second-order valence-electron chi connectivity index (χ2n) is 40.7. The van der Waals surface area contributed by atoms with Crippen molar-refractivity contribution in [2.24, 2.45) is 20.0 Å². The molecule has 3 atom stereocenters. The molecule has 33 nitrogen and oxygen atoms in total. The maximum absolute atomic E-state index is 13.6. The van der Waals surface area contributed by atoms with E-state index in [4.69, 9.17) is 44.1 Å². The SMILES string of the molecule is CC(=O)Cc1ccc(-c2ccc3c(c2)CCCN3c2nn(C3CCOCC3)c3c2CN(C(C)=O)CC3)cn1.CC(=O)N1CCc2c(c(N3CCN(C)c4cc(-c5cnn(C)c5)ccc43)nn2[C@H]2CCOC2)C1.CC(=O)N1CCc2c(c(N3C[C@@H](CC(F)F)Cc4cc(-c5cnn(C)c5)ccc43)nn2[C@H]2CCOC2)C1.COc1cc(-c2ccc3c(c2)CCCN3c2nn(C3CCOCC3)c3c2CN(C(C)=O)CC3)ccn1. The maximum atomic E-state index is 13.6. The van der Waals surface area contributed by atoms with Crippen LogP contribution in [0.4, 0.5) is 60.5 Å². The van der Waals surface area contributed by atoms with Crippen molar-refractivity contribution >= 4 is 81.1 Å². The normalized spacial score (nSPS) is 19.3. The van der Waals surface area contributed by atoms with Gasteiger partial charge in [0.25, 0.3) is 0 Å². The van der Waals surface area contributed by atoms with Gasteiger partial charge in [0.2, 0.25) is 35.9 Å². The van der Waals surface area contributed by atoms with Gasteiger partial charge in [-0.05, 0) is 189 Å². The first-order valence-corrected chi connectivity index (χ1v) is 51.8. The predicted molar refractivity (Wildman–Crippen MR) is 549 cm³/mol. The Hall–Kier alpha value is -13.5. The molecule has 24 rings (SSSR count). The summed E-state index contributed by atoms with van der Waals surface area (Å²) in [5, 5.41) is 29.4. The maximum Gasteiger partial charge on any atom is 0.239 e. The molecule has 0 bridgehead atoms. The lowest BCUT2D eigenvalue weighted by Crippen LogP contribution is -2.38. The van der Waals surface area contributed by atoms with Gasteiger partial charge in [0, 0.05) is 301 Å². The lowest BCUT2D eigenvalue weighted by molar-refractivity contribution is -0.130. The highest BCUT2D eigenvalue weighted by molar-refractivity contribution is 5.86. The fourth-order valence-corrected chi connectivity index (χ4v) is 23.4. The van der Waals surface area contributed by atoms with Gasteiger partial charge in [0.05, 0.1) is 94.4 Å². The molecule has 12 aromatic rings. The minimum Gasteiger partial charge on any atom is -0.481 e. The van der Waals surface area contributed by atoms with E-state index in [1.54, 1.807) is 52.6 Å². The molecule has 0 radical (unpaired) electrons. The van der Waals surface area contributed by atoms with Crippen molar-refractivity contribution in [1.29, 1.82) is 0 Å². The number of Topliss-reactive ketones (excluding diaryl/α,β-unsaturated/α-hetero) is 1. The highest BCUT2D eigenvalue weighted by atomic mass is 19.3. The van der Waals surface area contributed by atoms with Crippen LogP contribution in [0.2, 0.25) is 0 Å². The van der Waals surface area contributed by atoms with Gasteiger partial charge in [-0.2, -0.15) is 30.6 Å². The number of rotatable bonds is 17. The molecule has 0 unspecified atom stereocenters. The van der Waals surface area contributed by atoms with Crippen LogP contribution in [0.3, 0.4) is 0 Å². The summed E-state index contributed by atoms with van der Waals surface area (Å²) in [7, 11) is 7.60. The summed E-state index contributed by atoms with van der Waals surface area (Å²) < 4.78 is 67.5. The standard InChI is InChI=1S/C30H35N5O3.C28H33N5O3.C27H32F2N6O2.C25H31N7O2/c1-20(36)16-25-7-5-24(18-31-25)22-6-8-28-23(17-22)4-3-12-34(28)30-27-19-33(21(2)37)13-9-29(27)35(32-30)26-10-14-38-15-11-26;1-19(34)31-13-8-26-24(18-31)28(30-33(26)23-9-14-36-15-10-23)32-12-3-4-22-16-20(5-6-25(22)32)21-7-11-29-27(17-21)35-2;1-17(36)33-7-5-25-23(15-33)27(31-35(25)22-6-8-37-16-22)34-13-18(10-26(28)29)9-20-11-19(3-4-24(20)34)21-12-30-32(2)14-21;1-17(33)30-8-6-22-21(15-30)25(27-32(22)20-7-11-34-16-20)31-10-9-28(2)24-12-18(4-5-23(24)31)19-13-26-29(3)14-19/h5-8,17-18,26H,3-4,9-16,19H2,1-2H3;5-7,11,16-17,23H,3-4,8-10,12-15,18H2,1-2H3;3-4,11-12,14,18,22,26H,5-10,13,15-16H2,1-2H3;4-5,12-14,20H,6-11,15-16H2,1-3H3/t;;18-,22+;20-/m..10/s1. The van der Waals surface area contributed by atoms with Crippen molar-refractivity contribution in [3.05, 3.63) is 202 Å². The first kappa shape index (κ1) is 97.6. The Morgan fingerprint density at radius 3 is 1.22 bits per heavy atom. The number of aromatic nitrogens is 14. The summed E-state index contributed by atoms with van der Waals surface area (Å²) in [6.07, 6.45) is 23.0. The largest absolute Gasteiger partial charge is 0.481 e. The molecule has 12 aliphatic rings. The number of halogens is 2. The van der Waals surface area contributed by atoms with Gasteiger partial charge in [0.15, 0.2) is 23.3 Å². The summed E-state index contributed by atoms with van der Waals surface area (Å²) >= 11 is 0. The third kappa shape index (κ3) is 20.3. The molecular formula is C110H131F2N23O10. The number of likely N-dealkylation sites (N-methyl/N-ethyl adjacent to an activating group) is 1. The molecular weight excluding hydrogens is 1840 g/mol. The van der Waals surface area contributed by atoms with Crippen LogP contribution in [0.5, 0.6) is 5.88 Å². The molecule has 0 N–H and O–H groups in total. The van der Waals surface area contributed by atoms with E-state index >= 15 is 0 Å². The number of ketones is 1. The third-order valence-electron chi connectivity index (χ3n) is 31.1. The molecule has 4 saturated heterocycles. The smallest absolute Gasteiger partial charge is 0.239 e. The minimum absolute atomic E-state index is 0.0317. The van der Waals surface area contributed by atoms with E-state index in [-0.39, 0.29) is 53.8 Å². The van der Waals surface area contributed by atoms with Crippen molar-refractivity contribution in [3.8, 4) is 50.4 Å². The molecule has 4 amide bonds. The lowest BCUT2D eigenvalue weighted by Gasteiger charge is -2.37. The van der Waals surface area contributed by atoms with Gasteiger partial charge in [-0.3, -0.25) is 57.0 Å². The van der Waals surface area contributed by atoms with E-state index in [1.807, 2.05) is 87.6 Å². The molecule has 145 heavy (non-hydrogen) atoms. The Morgan fingerprint density at radius 2 is 0.800 bits per heavy atom. The van der Waals surface area contributed by atoms with Crippen LogP contribution in [0.25, 0.3) is 44.5 Å². The zero-order valence-electron chi connectivity index (χ0n) is 84.7. The summed E-state index contributed by atoms with van der Waals surface area (Å²) in [5.74, 6) is 4.70. The number of hydrogen-bond acceptors (Lipinski definition) is 23. The van der Waals surface area contributed by atoms with Crippen LogP contribution < -0.4 is 29.2 Å². The number of fused-ring (bicyclic) bond motifs is 8. The Balaban J connectivity index is 0.000000114. The summed E-state index contributed by atoms with van der Waals surface area (Å²) in [6, 6.07) is 35.3.